The number of ether oxygens (including phenoxy) is 3. The number of halogens is 1. The highest BCUT2D eigenvalue weighted by Gasteiger charge is 2.33. The Bertz CT molecular complexity index is 1610. The van der Waals surface area contributed by atoms with E-state index in [9.17, 15) is 4.79 Å². The highest BCUT2D eigenvalue weighted by atomic mass is 35.5. The summed E-state index contributed by atoms with van der Waals surface area (Å²) in [4.78, 5) is 24.4. The summed E-state index contributed by atoms with van der Waals surface area (Å²) in [5, 5.41) is 0.643. The number of methoxy groups -OCH3 is 1. The Morgan fingerprint density at radius 1 is 1.20 bits per heavy atom. The van der Waals surface area contributed by atoms with E-state index in [2.05, 4.69) is 33.5 Å². The molecule has 3 atom stereocenters. The molecule has 1 unspecified atom stereocenters. The van der Waals surface area contributed by atoms with Gasteiger partial charge in [-0.3, -0.25) is 9.88 Å². The van der Waals surface area contributed by atoms with Crippen LogP contribution in [0, 0.1) is 0 Å². The van der Waals surface area contributed by atoms with Crippen molar-refractivity contribution in [2.24, 2.45) is 0 Å². The molecule has 212 valence electrons. The summed E-state index contributed by atoms with van der Waals surface area (Å²) in [6.45, 7) is 6.04. The number of esters is 1. The normalized spacial score (nSPS) is 22.0. The first-order valence-corrected chi connectivity index (χ1v) is 14.7. The van der Waals surface area contributed by atoms with Crippen LogP contribution in [-0.2, 0) is 35.4 Å². The van der Waals surface area contributed by atoms with Gasteiger partial charge >= 0.3 is 5.97 Å². The summed E-state index contributed by atoms with van der Waals surface area (Å²) in [7, 11) is 1.41. The zero-order valence-electron chi connectivity index (χ0n) is 23.3. The fourth-order valence-electron chi connectivity index (χ4n) is 6.50. The number of nitrogens with zero attached hydrogens (tertiary/aromatic N) is 4. The fourth-order valence-corrected chi connectivity index (χ4v) is 6.62. The molecule has 1 saturated heterocycles. The second-order valence-corrected chi connectivity index (χ2v) is 11.7. The zero-order chi connectivity index (χ0) is 28.1. The molecule has 0 amide bonds. The van der Waals surface area contributed by atoms with Gasteiger partial charge in [0.15, 0.2) is 0 Å². The largest absolute Gasteiger partial charge is 0.493 e. The maximum atomic E-state index is 12.3. The number of fused-ring (bicyclic) bond motifs is 4. The van der Waals surface area contributed by atoms with Crippen molar-refractivity contribution in [2.45, 2.75) is 57.3 Å². The number of rotatable bonds is 6. The van der Waals surface area contributed by atoms with E-state index in [1.54, 1.807) is 12.3 Å². The van der Waals surface area contributed by atoms with Crippen molar-refractivity contribution in [1.29, 1.82) is 0 Å². The smallest absolute Gasteiger partial charge is 0.337 e. The molecule has 3 aliphatic heterocycles. The average molecular weight is 573 g/mol. The summed E-state index contributed by atoms with van der Waals surface area (Å²) in [5.41, 5.74) is 7.39. The quantitative estimate of drug-likeness (QED) is 0.282. The van der Waals surface area contributed by atoms with Crippen LogP contribution in [0.2, 0.25) is 5.02 Å². The van der Waals surface area contributed by atoms with Crippen molar-refractivity contribution in [1.82, 2.24) is 19.4 Å². The summed E-state index contributed by atoms with van der Waals surface area (Å²) >= 11 is 6.10. The number of hydrogen-bond acceptors (Lipinski definition) is 7. The van der Waals surface area contributed by atoms with Crippen LogP contribution in [-0.4, -0.2) is 58.4 Å². The molecule has 2 aromatic heterocycles. The van der Waals surface area contributed by atoms with Crippen molar-refractivity contribution in [3.8, 4) is 5.75 Å². The molecule has 0 bridgehead atoms. The Balaban J connectivity index is 1.20. The highest BCUT2D eigenvalue weighted by molar-refractivity contribution is 6.30. The van der Waals surface area contributed by atoms with E-state index in [0.717, 1.165) is 60.7 Å². The van der Waals surface area contributed by atoms with E-state index >= 15 is 0 Å². The lowest BCUT2D eigenvalue weighted by atomic mass is 9.83. The van der Waals surface area contributed by atoms with Gasteiger partial charge in [0.25, 0.3) is 0 Å². The summed E-state index contributed by atoms with van der Waals surface area (Å²) in [6, 6.07) is 14.1. The molecule has 0 N–H and O–H groups in total. The Morgan fingerprint density at radius 3 is 2.83 bits per heavy atom. The van der Waals surface area contributed by atoms with Crippen LogP contribution in [0.5, 0.6) is 5.75 Å². The van der Waals surface area contributed by atoms with E-state index in [1.165, 1.54) is 23.8 Å². The number of imidazole rings is 1. The lowest BCUT2D eigenvalue weighted by Gasteiger charge is -2.39. The highest BCUT2D eigenvalue weighted by Crippen LogP contribution is 2.42. The van der Waals surface area contributed by atoms with Crippen LogP contribution in [0.4, 0.5) is 0 Å². The molecule has 2 aromatic carbocycles. The predicted molar refractivity (Wildman–Crippen MR) is 156 cm³/mol. The van der Waals surface area contributed by atoms with Gasteiger partial charge in [-0.25, -0.2) is 9.78 Å². The molecular weight excluding hydrogens is 540 g/mol. The Hall–Kier alpha value is -3.46. The first-order chi connectivity index (χ1) is 20.0. The van der Waals surface area contributed by atoms with Crippen LogP contribution < -0.4 is 4.74 Å². The molecule has 8 nitrogen and oxygen atoms in total. The van der Waals surface area contributed by atoms with Crippen LogP contribution in [0.3, 0.4) is 0 Å². The first kappa shape index (κ1) is 26.4. The lowest BCUT2D eigenvalue weighted by molar-refractivity contribution is -0.0592. The molecule has 0 spiro atoms. The summed E-state index contributed by atoms with van der Waals surface area (Å²) in [5.74, 6) is 1.80. The first-order valence-electron chi connectivity index (χ1n) is 14.3. The van der Waals surface area contributed by atoms with Gasteiger partial charge in [-0.1, -0.05) is 17.7 Å². The van der Waals surface area contributed by atoms with Crippen molar-refractivity contribution in [3.63, 3.8) is 0 Å². The van der Waals surface area contributed by atoms with Crippen molar-refractivity contribution >= 4 is 28.6 Å². The number of aromatic nitrogens is 3. The van der Waals surface area contributed by atoms with Crippen molar-refractivity contribution in [2.75, 3.05) is 26.9 Å². The lowest BCUT2D eigenvalue weighted by Crippen LogP contribution is -2.37. The van der Waals surface area contributed by atoms with Gasteiger partial charge in [-0.05, 0) is 79.3 Å². The molecule has 0 saturated carbocycles. The second-order valence-electron chi connectivity index (χ2n) is 11.2. The van der Waals surface area contributed by atoms with Gasteiger partial charge < -0.3 is 18.8 Å². The number of benzene rings is 2. The molecule has 41 heavy (non-hydrogen) atoms. The van der Waals surface area contributed by atoms with Crippen LogP contribution >= 0.6 is 11.6 Å². The van der Waals surface area contributed by atoms with E-state index in [4.69, 9.17) is 30.8 Å². The molecule has 0 aliphatic carbocycles. The molecule has 3 aliphatic rings. The SMILES string of the molecule is COC(=O)c1ccc2nc(CN3CCc4ccc5c(c4C3C)C[C@@H](c3ccc(Cl)cn3)CO5)n(C[C@@H]3CCO3)c2c1. The topological polar surface area (TPSA) is 78.7 Å². The van der Waals surface area contributed by atoms with Crippen molar-refractivity contribution in [3.05, 3.63) is 87.5 Å². The summed E-state index contributed by atoms with van der Waals surface area (Å²) in [6.07, 6.45) is 4.76. The zero-order valence-corrected chi connectivity index (χ0v) is 24.1. The fraction of sp³-hybridized carbons (Fsp3) is 0.406. The number of pyridine rings is 1. The molecule has 4 aromatic rings. The third kappa shape index (κ3) is 4.88. The molecule has 1 fully saturated rings. The van der Waals surface area contributed by atoms with E-state index in [-0.39, 0.29) is 24.0 Å². The molecule has 9 heteroatoms. The minimum atomic E-state index is -0.346. The molecular formula is C32H33ClN4O4. The maximum Gasteiger partial charge on any atom is 0.337 e. The second kappa shape index (κ2) is 10.7. The standard InChI is InChI=1S/C32H33ClN4O4/c1-19-31-20(4-8-29-25(31)13-22(18-41-29)26-7-5-23(33)15-34-26)9-11-36(19)17-30-35-27-6-3-21(32(38)39-2)14-28(27)37(30)16-24-10-12-40-24/h3-8,14-15,19,22,24H,9-13,16-18H2,1-2H3/t19?,22-,24+/m1/s1. The van der Waals surface area contributed by atoms with Crippen LogP contribution in [0.25, 0.3) is 11.0 Å². The van der Waals surface area contributed by atoms with Gasteiger partial charge in [0, 0.05) is 37.0 Å². The van der Waals surface area contributed by atoms with Gasteiger partial charge in [0.05, 0.1) is 54.5 Å². The molecule has 7 rings (SSSR count). The van der Waals surface area contributed by atoms with Gasteiger partial charge in [-0.15, -0.1) is 0 Å². The minimum Gasteiger partial charge on any atom is -0.493 e. The average Bonchev–Trinajstić information content (AvgIpc) is 3.31. The van der Waals surface area contributed by atoms with Gasteiger partial charge in [-0.2, -0.15) is 0 Å². The predicted octanol–water partition coefficient (Wildman–Crippen LogP) is 5.50. The molecule has 0 radical (unpaired) electrons. The maximum absolute atomic E-state index is 12.3. The van der Waals surface area contributed by atoms with E-state index < -0.39 is 0 Å². The number of carbonyl (C=O) groups excluding carboxylic acids is 1. The number of carbonyl (C=O) groups is 1. The Kier molecular flexibility index (Phi) is 6.93. The Labute approximate surface area is 244 Å². The van der Waals surface area contributed by atoms with E-state index in [1.807, 2.05) is 24.3 Å². The van der Waals surface area contributed by atoms with Crippen LogP contribution in [0.15, 0.2) is 48.7 Å². The van der Waals surface area contributed by atoms with Gasteiger partial charge in [0.1, 0.15) is 11.6 Å². The van der Waals surface area contributed by atoms with Crippen LogP contribution in [0.1, 0.15) is 63.9 Å². The van der Waals surface area contributed by atoms with Gasteiger partial charge in [0.2, 0.25) is 0 Å². The minimum absolute atomic E-state index is 0.162. The monoisotopic (exact) mass is 572 g/mol. The molecule has 5 heterocycles. The Morgan fingerprint density at radius 2 is 2.07 bits per heavy atom. The third-order valence-corrected chi connectivity index (χ3v) is 9.09. The van der Waals surface area contributed by atoms with Crippen molar-refractivity contribution < 1.29 is 19.0 Å². The summed E-state index contributed by atoms with van der Waals surface area (Å²) < 4.78 is 19.3. The number of hydrogen-bond donors (Lipinski definition) is 0. The third-order valence-electron chi connectivity index (χ3n) is 8.87. The van der Waals surface area contributed by atoms with E-state index in [0.29, 0.717) is 30.3 Å².